The van der Waals surface area contributed by atoms with Crippen LogP contribution in [0.1, 0.15) is 82.6 Å². The third-order valence-corrected chi connectivity index (χ3v) is 3.98. The summed E-state index contributed by atoms with van der Waals surface area (Å²) in [6.07, 6.45) is 11.4. The van der Waals surface area contributed by atoms with E-state index in [1.807, 2.05) is 11.7 Å². The number of rotatable bonds is 11. The molecule has 0 aliphatic carbocycles. The van der Waals surface area contributed by atoms with Crippen molar-refractivity contribution in [1.82, 2.24) is 15.2 Å². The van der Waals surface area contributed by atoms with E-state index in [2.05, 4.69) is 30.4 Å². The predicted molar refractivity (Wildman–Crippen MR) is 85.3 cm³/mol. The minimum Gasteiger partial charge on any atom is -0.271 e. The average molecular weight is 280 g/mol. The molecule has 1 unspecified atom stereocenters. The second-order valence-electron chi connectivity index (χ2n) is 5.67. The van der Waals surface area contributed by atoms with Crippen molar-refractivity contribution in [2.24, 2.45) is 12.9 Å². The summed E-state index contributed by atoms with van der Waals surface area (Å²) in [5.74, 6) is 5.71. The van der Waals surface area contributed by atoms with Gasteiger partial charge in [0.2, 0.25) is 0 Å². The maximum Gasteiger partial charge on any atom is 0.0629 e. The molecule has 4 heteroatoms. The third kappa shape index (κ3) is 5.63. The van der Waals surface area contributed by atoms with Gasteiger partial charge in [-0.1, -0.05) is 58.8 Å². The molecule has 0 amide bonds. The van der Waals surface area contributed by atoms with E-state index in [1.165, 1.54) is 50.6 Å². The molecule has 0 aromatic carbocycles. The normalized spacial score (nSPS) is 12.8. The van der Waals surface area contributed by atoms with Gasteiger partial charge in [0.1, 0.15) is 0 Å². The Balaban J connectivity index is 2.30. The van der Waals surface area contributed by atoms with Crippen molar-refractivity contribution in [3.8, 4) is 0 Å². The van der Waals surface area contributed by atoms with Gasteiger partial charge in [0.05, 0.1) is 17.4 Å². The molecule has 1 atom stereocenters. The minimum absolute atomic E-state index is 0.225. The van der Waals surface area contributed by atoms with Crippen LogP contribution in [0.4, 0.5) is 0 Å². The zero-order valence-corrected chi connectivity index (χ0v) is 13.5. The fourth-order valence-corrected chi connectivity index (χ4v) is 2.66. The topological polar surface area (TPSA) is 55.9 Å². The molecule has 0 bridgehead atoms. The van der Waals surface area contributed by atoms with Gasteiger partial charge in [-0.3, -0.25) is 16.0 Å². The molecule has 0 aliphatic heterocycles. The highest BCUT2D eigenvalue weighted by Gasteiger charge is 2.14. The van der Waals surface area contributed by atoms with Crippen LogP contribution in [0, 0.1) is 0 Å². The quantitative estimate of drug-likeness (QED) is 0.370. The lowest BCUT2D eigenvalue weighted by Gasteiger charge is -2.15. The Labute approximate surface area is 124 Å². The monoisotopic (exact) mass is 280 g/mol. The van der Waals surface area contributed by atoms with Gasteiger partial charge in [0.25, 0.3) is 0 Å². The van der Waals surface area contributed by atoms with Crippen LogP contribution < -0.4 is 11.3 Å². The van der Waals surface area contributed by atoms with E-state index in [4.69, 9.17) is 5.84 Å². The maximum atomic E-state index is 5.71. The first-order chi connectivity index (χ1) is 9.72. The van der Waals surface area contributed by atoms with Crippen LogP contribution in [-0.2, 0) is 13.5 Å². The Morgan fingerprint density at radius 3 is 2.35 bits per heavy atom. The summed E-state index contributed by atoms with van der Waals surface area (Å²) in [7, 11) is 2.00. The molecule has 0 aliphatic rings. The summed E-state index contributed by atoms with van der Waals surface area (Å²) >= 11 is 0. The van der Waals surface area contributed by atoms with Gasteiger partial charge in [-0.25, -0.2) is 0 Å². The van der Waals surface area contributed by atoms with E-state index < -0.39 is 0 Å². The molecule has 1 aromatic heterocycles. The van der Waals surface area contributed by atoms with Gasteiger partial charge < -0.3 is 0 Å². The highest BCUT2D eigenvalue weighted by Crippen LogP contribution is 2.20. The Kier molecular flexibility index (Phi) is 8.54. The number of aromatic nitrogens is 2. The Bertz CT molecular complexity index is 359. The number of hydrogen-bond acceptors (Lipinski definition) is 3. The predicted octanol–water partition coefficient (Wildman–Crippen LogP) is 3.63. The summed E-state index contributed by atoms with van der Waals surface area (Å²) in [5.41, 5.74) is 5.29. The Morgan fingerprint density at radius 1 is 1.15 bits per heavy atom. The summed E-state index contributed by atoms with van der Waals surface area (Å²) in [6, 6.07) is 2.40. The van der Waals surface area contributed by atoms with Crippen molar-refractivity contribution < 1.29 is 0 Å². The zero-order valence-electron chi connectivity index (χ0n) is 13.5. The van der Waals surface area contributed by atoms with E-state index in [0.717, 1.165) is 18.5 Å². The largest absolute Gasteiger partial charge is 0.271 e. The fraction of sp³-hybridized carbons (Fsp3) is 0.812. The van der Waals surface area contributed by atoms with Crippen molar-refractivity contribution in [2.75, 3.05) is 0 Å². The lowest BCUT2D eigenvalue weighted by molar-refractivity contribution is 0.451. The van der Waals surface area contributed by atoms with E-state index >= 15 is 0 Å². The molecular formula is C16H32N4. The lowest BCUT2D eigenvalue weighted by Crippen LogP contribution is -2.29. The molecule has 20 heavy (non-hydrogen) atoms. The van der Waals surface area contributed by atoms with Gasteiger partial charge in [0.15, 0.2) is 0 Å². The minimum atomic E-state index is 0.225. The van der Waals surface area contributed by atoms with E-state index in [-0.39, 0.29) is 6.04 Å². The molecule has 0 saturated heterocycles. The highest BCUT2D eigenvalue weighted by atomic mass is 15.3. The first kappa shape index (κ1) is 17.2. The summed E-state index contributed by atoms with van der Waals surface area (Å²) in [5, 5.41) is 4.50. The van der Waals surface area contributed by atoms with Crippen molar-refractivity contribution >= 4 is 0 Å². The van der Waals surface area contributed by atoms with Crippen molar-refractivity contribution in [1.29, 1.82) is 0 Å². The Morgan fingerprint density at radius 2 is 1.80 bits per heavy atom. The van der Waals surface area contributed by atoms with Crippen molar-refractivity contribution in [2.45, 2.75) is 77.7 Å². The van der Waals surface area contributed by atoms with Crippen LogP contribution >= 0.6 is 0 Å². The van der Waals surface area contributed by atoms with Gasteiger partial charge in [-0.15, -0.1) is 0 Å². The molecule has 0 fully saturated rings. The smallest absolute Gasteiger partial charge is 0.0629 e. The molecule has 0 saturated carbocycles. The van der Waals surface area contributed by atoms with Crippen LogP contribution in [0.2, 0.25) is 0 Å². The number of nitrogens with two attached hydrogens (primary N) is 1. The molecule has 0 radical (unpaired) electrons. The molecule has 1 aromatic rings. The molecule has 116 valence electrons. The number of unbranched alkanes of at least 4 members (excludes halogenated alkanes) is 6. The molecule has 4 nitrogen and oxygen atoms in total. The standard InChI is InChI=1S/C16H32N4/c1-4-6-7-8-9-10-11-12-15(18-17)16-13-14(5-2)19-20(16)3/h13,15,18H,4-12,17H2,1-3H3. The van der Waals surface area contributed by atoms with Gasteiger partial charge in [-0.05, 0) is 18.9 Å². The number of hydrogen-bond donors (Lipinski definition) is 2. The van der Waals surface area contributed by atoms with Crippen molar-refractivity contribution in [3.63, 3.8) is 0 Å². The lowest BCUT2D eigenvalue weighted by atomic mass is 10.0. The average Bonchev–Trinajstić information content (AvgIpc) is 2.83. The second-order valence-corrected chi connectivity index (χ2v) is 5.67. The van der Waals surface area contributed by atoms with E-state index in [0.29, 0.717) is 0 Å². The molecule has 1 rings (SSSR count). The zero-order chi connectivity index (χ0) is 14.8. The second kappa shape index (κ2) is 9.94. The first-order valence-corrected chi connectivity index (χ1v) is 8.21. The first-order valence-electron chi connectivity index (χ1n) is 8.21. The van der Waals surface area contributed by atoms with Gasteiger partial charge in [-0.2, -0.15) is 5.10 Å². The summed E-state index contributed by atoms with van der Waals surface area (Å²) in [4.78, 5) is 0. The van der Waals surface area contributed by atoms with Crippen LogP contribution in [0.3, 0.4) is 0 Å². The number of hydrazine groups is 1. The van der Waals surface area contributed by atoms with Crippen LogP contribution in [0.5, 0.6) is 0 Å². The molecule has 1 heterocycles. The van der Waals surface area contributed by atoms with Crippen LogP contribution in [0.25, 0.3) is 0 Å². The third-order valence-electron chi connectivity index (χ3n) is 3.98. The molecule has 3 N–H and O–H groups in total. The summed E-state index contributed by atoms with van der Waals surface area (Å²) < 4.78 is 1.96. The fourth-order valence-electron chi connectivity index (χ4n) is 2.66. The van der Waals surface area contributed by atoms with Crippen molar-refractivity contribution in [3.05, 3.63) is 17.5 Å². The van der Waals surface area contributed by atoms with E-state index in [1.54, 1.807) is 0 Å². The van der Waals surface area contributed by atoms with Crippen LogP contribution in [-0.4, -0.2) is 9.78 Å². The number of nitrogens with one attached hydrogen (secondary N) is 1. The van der Waals surface area contributed by atoms with Gasteiger partial charge >= 0.3 is 0 Å². The number of nitrogens with zero attached hydrogens (tertiary/aromatic N) is 2. The highest BCUT2D eigenvalue weighted by molar-refractivity contribution is 5.14. The summed E-state index contributed by atoms with van der Waals surface area (Å²) in [6.45, 7) is 4.39. The SMILES string of the molecule is CCCCCCCCCC(NN)c1cc(CC)nn1C. The van der Waals surface area contributed by atoms with E-state index in [9.17, 15) is 0 Å². The maximum absolute atomic E-state index is 5.71. The molecule has 0 spiro atoms. The Hall–Kier alpha value is -0.870. The molecular weight excluding hydrogens is 248 g/mol. The number of aryl methyl sites for hydroxylation is 2. The van der Waals surface area contributed by atoms with Gasteiger partial charge in [0, 0.05) is 7.05 Å². The van der Waals surface area contributed by atoms with Crippen LogP contribution in [0.15, 0.2) is 6.07 Å².